The highest BCUT2D eigenvalue weighted by Gasteiger charge is 2.20. The molecule has 3 rings (SSSR count). The molecule has 10 heteroatoms. The van der Waals surface area contributed by atoms with Crippen LogP contribution in [0, 0.1) is 6.92 Å². The molecule has 0 aromatic carbocycles. The molecule has 24 heavy (non-hydrogen) atoms. The third-order valence-electron chi connectivity index (χ3n) is 3.73. The number of halogens is 1. The van der Waals surface area contributed by atoms with E-state index in [0.717, 1.165) is 44.4 Å². The van der Waals surface area contributed by atoms with Crippen molar-refractivity contribution in [2.45, 2.75) is 20.0 Å². The van der Waals surface area contributed by atoms with Crippen molar-refractivity contribution in [2.75, 3.05) is 33.2 Å². The fourth-order valence-corrected chi connectivity index (χ4v) is 2.57. The molecule has 132 valence electrons. The predicted octanol–water partition coefficient (Wildman–Crippen LogP) is 0.877. The predicted molar refractivity (Wildman–Crippen MR) is 98.0 cm³/mol. The Morgan fingerprint density at radius 1 is 1.29 bits per heavy atom. The number of aryl methyl sites for hydroxylation is 1. The summed E-state index contributed by atoms with van der Waals surface area (Å²) in [7, 11) is 1.78. The lowest BCUT2D eigenvalue weighted by atomic mass is 10.3. The van der Waals surface area contributed by atoms with E-state index in [1.54, 1.807) is 20.2 Å². The molecule has 1 fully saturated rings. The van der Waals surface area contributed by atoms with Crippen LogP contribution in [0.3, 0.4) is 0 Å². The van der Waals surface area contributed by atoms with Gasteiger partial charge in [0.1, 0.15) is 6.26 Å². The molecule has 0 aliphatic carbocycles. The number of piperazine rings is 1. The van der Waals surface area contributed by atoms with Crippen LogP contribution in [0.4, 0.5) is 0 Å². The summed E-state index contributed by atoms with van der Waals surface area (Å²) in [5.41, 5.74) is 0.966. The Balaban J connectivity index is 0.00000208. The van der Waals surface area contributed by atoms with Crippen molar-refractivity contribution in [3.8, 4) is 0 Å². The topological polar surface area (TPSA) is 95.8 Å². The van der Waals surface area contributed by atoms with E-state index in [1.165, 1.54) is 0 Å². The van der Waals surface area contributed by atoms with E-state index >= 15 is 0 Å². The third-order valence-corrected chi connectivity index (χ3v) is 3.73. The van der Waals surface area contributed by atoms with Crippen LogP contribution in [0.1, 0.15) is 17.4 Å². The van der Waals surface area contributed by atoms with Crippen LogP contribution in [0.5, 0.6) is 0 Å². The van der Waals surface area contributed by atoms with Crippen LogP contribution in [-0.2, 0) is 13.1 Å². The summed E-state index contributed by atoms with van der Waals surface area (Å²) in [6, 6.07) is 1.90. The van der Waals surface area contributed by atoms with Crippen LogP contribution in [0.15, 0.2) is 26.4 Å². The normalized spacial score (nSPS) is 16.1. The maximum atomic E-state index is 4.97. The molecule has 1 N–H and O–H groups in total. The fourth-order valence-electron chi connectivity index (χ4n) is 2.57. The summed E-state index contributed by atoms with van der Waals surface area (Å²) >= 11 is 0. The van der Waals surface area contributed by atoms with Gasteiger partial charge in [-0.1, -0.05) is 10.3 Å². The van der Waals surface area contributed by atoms with E-state index in [0.29, 0.717) is 18.3 Å². The minimum Gasteiger partial charge on any atom is -0.364 e. The number of nitrogens with one attached hydrogen (secondary N) is 1. The molecule has 0 radical (unpaired) electrons. The molecule has 2 aromatic rings. The van der Waals surface area contributed by atoms with E-state index in [-0.39, 0.29) is 24.0 Å². The average molecular weight is 447 g/mol. The van der Waals surface area contributed by atoms with Gasteiger partial charge in [-0.3, -0.25) is 9.89 Å². The van der Waals surface area contributed by atoms with Gasteiger partial charge in [0.2, 0.25) is 5.89 Å². The zero-order chi connectivity index (χ0) is 16.1. The second kappa shape index (κ2) is 8.97. The highest BCUT2D eigenvalue weighted by molar-refractivity contribution is 14.0. The summed E-state index contributed by atoms with van der Waals surface area (Å²) in [6.45, 7) is 6.82. The van der Waals surface area contributed by atoms with Gasteiger partial charge in [-0.05, 0) is 0 Å². The average Bonchev–Trinajstić information content (AvgIpc) is 3.21. The molecule has 0 unspecified atom stereocenters. The molecule has 0 atom stereocenters. The Labute approximate surface area is 157 Å². The standard InChI is InChI=1S/C14H21N7O2.HI/c1-11-17-13(19-23-11)9-16-14(15-2)21-6-4-20(5-7-21)10-12-3-8-22-18-12;/h3,8H,4-7,9-10H2,1-2H3,(H,15,16);1H. The van der Waals surface area contributed by atoms with Crippen LogP contribution >= 0.6 is 24.0 Å². The van der Waals surface area contributed by atoms with Crippen LogP contribution in [0.25, 0.3) is 0 Å². The van der Waals surface area contributed by atoms with Gasteiger partial charge in [0, 0.05) is 52.8 Å². The quantitative estimate of drug-likeness (QED) is 0.420. The Kier molecular flexibility index (Phi) is 6.97. The molecule has 3 heterocycles. The SMILES string of the molecule is CN=C(NCc1noc(C)n1)N1CCN(Cc2ccon2)CC1.I. The number of guanidine groups is 1. The molecule has 0 amide bonds. The zero-order valence-corrected chi connectivity index (χ0v) is 16.1. The van der Waals surface area contributed by atoms with Crippen molar-refractivity contribution in [1.29, 1.82) is 0 Å². The van der Waals surface area contributed by atoms with E-state index < -0.39 is 0 Å². The maximum Gasteiger partial charge on any atom is 0.223 e. The van der Waals surface area contributed by atoms with E-state index in [1.807, 2.05) is 6.07 Å². The lowest BCUT2D eigenvalue weighted by Gasteiger charge is -2.36. The van der Waals surface area contributed by atoms with Gasteiger partial charge < -0.3 is 19.3 Å². The van der Waals surface area contributed by atoms with E-state index in [9.17, 15) is 0 Å². The van der Waals surface area contributed by atoms with Gasteiger partial charge in [0.15, 0.2) is 11.8 Å². The number of hydrogen-bond donors (Lipinski definition) is 1. The highest BCUT2D eigenvalue weighted by atomic mass is 127. The fraction of sp³-hybridized carbons (Fsp3) is 0.571. The molecule has 9 nitrogen and oxygen atoms in total. The Hall–Kier alpha value is -1.69. The van der Waals surface area contributed by atoms with Gasteiger partial charge >= 0.3 is 0 Å². The number of hydrogen-bond acceptors (Lipinski definition) is 7. The molecular formula is C14H22IN7O2. The van der Waals surface area contributed by atoms with Crippen molar-refractivity contribution in [1.82, 2.24) is 30.4 Å². The minimum atomic E-state index is 0. The summed E-state index contributed by atoms with van der Waals surface area (Å²) in [4.78, 5) is 13.1. The molecule has 0 bridgehead atoms. The van der Waals surface area contributed by atoms with E-state index in [4.69, 9.17) is 9.05 Å². The smallest absolute Gasteiger partial charge is 0.223 e. The molecule has 0 spiro atoms. The lowest BCUT2D eigenvalue weighted by Crippen LogP contribution is -2.52. The molecule has 1 aliphatic heterocycles. The second-order valence-corrected chi connectivity index (χ2v) is 5.38. The monoisotopic (exact) mass is 447 g/mol. The number of nitrogens with zero attached hydrogens (tertiary/aromatic N) is 6. The summed E-state index contributed by atoms with van der Waals surface area (Å²) in [6.07, 6.45) is 1.61. The van der Waals surface area contributed by atoms with Crippen LogP contribution < -0.4 is 5.32 Å². The van der Waals surface area contributed by atoms with E-state index in [2.05, 4.69) is 35.4 Å². The minimum absolute atomic E-state index is 0. The number of aromatic nitrogens is 3. The molecule has 1 saturated heterocycles. The number of rotatable bonds is 4. The summed E-state index contributed by atoms with van der Waals surface area (Å²) in [5.74, 6) is 2.06. The van der Waals surface area contributed by atoms with Crippen molar-refractivity contribution < 1.29 is 9.05 Å². The Bertz CT molecular complexity index is 635. The van der Waals surface area contributed by atoms with Gasteiger partial charge in [-0.25, -0.2) is 0 Å². The zero-order valence-electron chi connectivity index (χ0n) is 13.8. The van der Waals surface area contributed by atoms with Gasteiger partial charge in [0.25, 0.3) is 0 Å². The highest BCUT2D eigenvalue weighted by Crippen LogP contribution is 2.07. The Morgan fingerprint density at radius 2 is 2.08 bits per heavy atom. The van der Waals surface area contributed by atoms with Gasteiger partial charge in [-0.2, -0.15) is 4.98 Å². The van der Waals surface area contributed by atoms with Gasteiger partial charge in [0.05, 0.1) is 12.2 Å². The van der Waals surface area contributed by atoms with Crippen LogP contribution in [0.2, 0.25) is 0 Å². The summed E-state index contributed by atoms with van der Waals surface area (Å²) < 4.78 is 9.84. The largest absolute Gasteiger partial charge is 0.364 e. The molecule has 1 aliphatic rings. The van der Waals surface area contributed by atoms with Crippen molar-refractivity contribution in [3.05, 3.63) is 29.7 Å². The molecule has 0 saturated carbocycles. The maximum absolute atomic E-state index is 4.97. The first-order valence-electron chi connectivity index (χ1n) is 7.61. The number of aliphatic imine (C=N–C) groups is 1. The first-order valence-corrected chi connectivity index (χ1v) is 7.61. The third kappa shape index (κ3) is 4.90. The van der Waals surface area contributed by atoms with Crippen molar-refractivity contribution >= 4 is 29.9 Å². The first-order chi connectivity index (χ1) is 11.2. The van der Waals surface area contributed by atoms with Gasteiger partial charge in [-0.15, -0.1) is 24.0 Å². The van der Waals surface area contributed by atoms with Crippen LogP contribution in [-0.4, -0.2) is 64.3 Å². The Morgan fingerprint density at radius 3 is 2.67 bits per heavy atom. The molecular weight excluding hydrogens is 425 g/mol. The molecule has 2 aromatic heterocycles. The first kappa shape index (κ1) is 18.6. The summed E-state index contributed by atoms with van der Waals surface area (Å²) in [5, 5.41) is 11.1. The van der Waals surface area contributed by atoms with Crippen molar-refractivity contribution in [3.63, 3.8) is 0 Å². The second-order valence-electron chi connectivity index (χ2n) is 5.38. The van der Waals surface area contributed by atoms with Crippen molar-refractivity contribution in [2.24, 2.45) is 4.99 Å². The lowest BCUT2D eigenvalue weighted by molar-refractivity contribution is 0.169.